The molecule has 13 heavy (non-hydrogen) atoms. The zero-order valence-corrected chi connectivity index (χ0v) is 7.58. The minimum Gasteiger partial charge on any atom is -0.397 e. The molecule has 1 heterocycles. The number of hydrogen-bond donors (Lipinski definition) is 3. The van der Waals surface area contributed by atoms with E-state index in [4.69, 9.17) is 17.2 Å². The predicted octanol–water partition coefficient (Wildman–Crippen LogP) is -0.186. The van der Waals surface area contributed by atoms with Gasteiger partial charge < -0.3 is 17.2 Å². The largest absolute Gasteiger partial charge is 0.397 e. The van der Waals surface area contributed by atoms with Crippen molar-refractivity contribution in [1.29, 1.82) is 0 Å². The standard InChI is InChI=1S/C8H14N4O/c1-5(13)12-7(2-3-9)6(10)4-8(12)11/h4H,2-3,9-11H2,1H3. The Balaban J connectivity index is 3.20. The van der Waals surface area contributed by atoms with Gasteiger partial charge in [0.1, 0.15) is 5.82 Å². The first kappa shape index (κ1) is 9.60. The van der Waals surface area contributed by atoms with Gasteiger partial charge in [-0.25, -0.2) is 0 Å². The minimum absolute atomic E-state index is 0.141. The second-order valence-electron chi connectivity index (χ2n) is 2.86. The van der Waals surface area contributed by atoms with Gasteiger partial charge in [-0.3, -0.25) is 9.36 Å². The lowest BCUT2D eigenvalue weighted by Gasteiger charge is -2.06. The first-order valence-corrected chi connectivity index (χ1v) is 4.04. The van der Waals surface area contributed by atoms with Crippen LogP contribution in [0.3, 0.4) is 0 Å². The van der Waals surface area contributed by atoms with Crippen LogP contribution in [0.15, 0.2) is 6.07 Å². The van der Waals surface area contributed by atoms with Gasteiger partial charge in [0.15, 0.2) is 0 Å². The molecule has 0 unspecified atom stereocenters. The summed E-state index contributed by atoms with van der Waals surface area (Å²) in [4.78, 5) is 11.2. The van der Waals surface area contributed by atoms with E-state index in [1.54, 1.807) is 6.07 Å². The quantitative estimate of drug-likeness (QED) is 0.590. The number of aromatic nitrogens is 1. The third-order valence-corrected chi connectivity index (χ3v) is 1.86. The zero-order valence-electron chi connectivity index (χ0n) is 7.58. The number of nitrogens with zero attached hydrogens (tertiary/aromatic N) is 1. The minimum atomic E-state index is -0.141. The molecule has 0 aliphatic rings. The van der Waals surface area contributed by atoms with E-state index >= 15 is 0 Å². The van der Waals surface area contributed by atoms with Crippen LogP contribution in [0.1, 0.15) is 17.4 Å². The van der Waals surface area contributed by atoms with E-state index in [2.05, 4.69) is 0 Å². The molecule has 0 saturated heterocycles. The summed E-state index contributed by atoms with van der Waals surface area (Å²) < 4.78 is 1.39. The molecule has 0 spiro atoms. The number of anilines is 2. The lowest BCUT2D eigenvalue weighted by molar-refractivity contribution is 0.0936. The van der Waals surface area contributed by atoms with Gasteiger partial charge in [-0.2, -0.15) is 0 Å². The zero-order chi connectivity index (χ0) is 10.0. The van der Waals surface area contributed by atoms with Crippen molar-refractivity contribution in [3.05, 3.63) is 11.8 Å². The normalized spacial score (nSPS) is 10.3. The van der Waals surface area contributed by atoms with Crippen LogP contribution in [-0.2, 0) is 6.42 Å². The van der Waals surface area contributed by atoms with E-state index in [-0.39, 0.29) is 5.91 Å². The number of rotatable bonds is 2. The second kappa shape index (κ2) is 3.49. The van der Waals surface area contributed by atoms with Crippen molar-refractivity contribution in [2.45, 2.75) is 13.3 Å². The Bertz CT molecular complexity index is 329. The summed E-state index contributed by atoms with van der Waals surface area (Å²) >= 11 is 0. The summed E-state index contributed by atoms with van der Waals surface area (Å²) in [6.45, 7) is 1.89. The van der Waals surface area contributed by atoms with Crippen molar-refractivity contribution in [1.82, 2.24) is 4.57 Å². The van der Waals surface area contributed by atoms with Crippen LogP contribution in [0.2, 0.25) is 0 Å². The summed E-state index contributed by atoms with van der Waals surface area (Å²) in [5.41, 5.74) is 17.9. The predicted molar refractivity (Wildman–Crippen MR) is 52.3 cm³/mol. The molecule has 0 atom stereocenters. The first-order valence-electron chi connectivity index (χ1n) is 4.04. The number of nitrogens with two attached hydrogens (primary N) is 3. The lowest BCUT2D eigenvalue weighted by atomic mass is 10.3. The number of carbonyl (C=O) groups excluding carboxylic acids is 1. The molecular weight excluding hydrogens is 168 g/mol. The van der Waals surface area contributed by atoms with Gasteiger partial charge in [-0.1, -0.05) is 0 Å². The number of hydrogen-bond acceptors (Lipinski definition) is 4. The number of nitrogen functional groups attached to an aromatic ring is 2. The van der Waals surface area contributed by atoms with E-state index in [0.29, 0.717) is 30.2 Å². The molecule has 0 bridgehead atoms. The topological polar surface area (TPSA) is 100 Å². The smallest absolute Gasteiger partial charge is 0.229 e. The molecule has 1 aromatic rings. The molecule has 5 nitrogen and oxygen atoms in total. The maximum Gasteiger partial charge on any atom is 0.229 e. The maximum atomic E-state index is 11.2. The number of carbonyl (C=O) groups is 1. The summed E-state index contributed by atoms with van der Waals surface area (Å²) in [5, 5.41) is 0. The van der Waals surface area contributed by atoms with Gasteiger partial charge in [-0.05, 0) is 6.54 Å². The molecule has 72 valence electrons. The van der Waals surface area contributed by atoms with Crippen molar-refractivity contribution in [2.75, 3.05) is 18.0 Å². The lowest BCUT2D eigenvalue weighted by Crippen LogP contribution is -2.16. The summed E-state index contributed by atoms with van der Waals surface area (Å²) in [6, 6.07) is 1.58. The van der Waals surface area contributed by atoms with E-state index in [1.807, 2.05) is 0 Å². The van der Waals surface area contributed by atoms with Crippen LogP contribution in [0.25, 0.3) is 0 Å². The third kappa shape index (κ3) is 1.65. The monoisotopic (exact) mass is 182 g/mol. The van der Waals surface area contributed by atoms with Crippen LogP contribution in [0.5, 0.6) is 0 Å². The van der Waals surface area contributed by atoms with Gasteiger partial charge in [0.2, 0.25) is 5.91 Å². The van der Waals surface area contributed by atoms with Crippen molar-refractivity contribution < 1.29 is 4.79 Å². The van der Waals surface area contributed by atoms with Gasteiger partial charge in [0.05, 0.1) is 11.4 Å². The van der Waals surface area contributed by atoms with Crippen molar-refractivity contribution >= 4 is 17.4 Å². The summed E-state index contributed by atoms with van der Waals surface area (Å²) in [5.74, 6) is 0.228. The van der Waals surface area contributed by atoms with Gasteiger partial charge in [-0.15, -0.1) is 0 Å². The fourth-order valence-electron chi connectivity index (χ4n) is 1.36. The van der Waals surface area contributed by atoms with E-state index in [1.165, 1.54) is 11.5 Å². The van der Waals surface area contributed by atoms with Crippen molar-refractivity contribution in [3.8, 4) is 0 Å². The van der Waals surface area contributed by atoms with Gasteiger partial charge >= 0.3 is 0 Å². The van der Waals surface area contributed by atoms with Gasteiger partial charge in [0, 0.05) is 19.4 Å². The first-order chi connectivity index (χ1) is 6.07. The van der Waals surface area contributed by atoms with E-state index in [9.17, 15) is 4.79 Å². The molecule has 0 fully saturated rings. The maximum absolute atomic E-state index is 11.2. The highest BCUT2D eigenvalue weighted by Crippen LogP contribution is 2.20. The third-order valence-electron chi connectivity index (χ3n) is 1.86. The second-order valence-corrected chi connectivity index (χ2v) is 2.86. The van der Waals surface area contributed by atoms with Crippen LogP contribution in [-0.4, -0.2) is 17.0 Å². The average Bonchev–Trinajstić information content (AvgIpc) is 2.27. The van der Waals surface area contributed by atoms with Crippen molar-refractivity contribution in [2.24, 2.45) is 5.73 Å². The Morgan fingerprint density at radius 1 is 1.54 bits per heavy atom. The van der Waals surface area contributed by atoms with E-state index < -0.39 is 0 Å². The Morgan fingerprint density at radius 3 is 2.62 bits per heavy atom. The van der Waals surface area contributed by atoms with Crippen LogP contribution in [0.4, 0.5) is 11.5 Å². The molecule has 0 aliphatic heterocycles. The molecule has 1 aromatic heterocycles. The highest BCUT2D eigenvalue weighted by molar-refractivity contribution is 5.83. The molecule has 0 amide bonds. The molecule has 0 saturated carbocycles. The molecule has 0 aliphatic carbocycles. The van der Waals surface area contributed by atoms with Gasteiger partial charge in [0.25, 0.3) is 0 Å². The fourth-order valence-corrected chi connectivity index (χ4v) is 1.36. The Labute approximate surface area is 76.5 Å². The Hall–Kier alpha value is -1.49. The molecule has 0 radical (unpaired) electrons. The average molecular weight is 182 g/mol. The summed E-state index contributed by atoms with van der Waals surface area (Å²) in [7, 11) is 0. The van der Waals surface area contributed by atoms with Crippen LogP contribution < -0.4 is 17.2 Å². The molecule has 0 aromatic carbocycles. The fraction of sp³-hybridized carbons (Fsp3) is 0.375. The molecule has 1 rings (SSSR count). The van der Waals surface area contributed by atoms with Crippen molar-refractivity contribution in [3.63, 3.8) is 0 Å². The van der Waals surface area contributed by atoms with Crippen LogP contribution in [0, 0.1) is 0 Å². The molecule has 5 heteroatoms. The Kier molecular flexibility index (Phi) is 2.57. The van der Waals surface area contributed by atoms with Crippen LogP contribution >= 0.6 is 0 Å². The molecular formula is C8H14N4O. The Morgan fingerprint density at radius 2 is 2.15 bits per heavy atom. The molecule has 6 N–H and O–H groups in total. The highest BCUT2D eigenvalue weighted by Gasteiger charge is 2.12. The highest BCUT2D eigenvalue weighted by atomic mass is 16.1. The van der Waals surface area contributed by atoms with E-state index in [0.717, 1.165) is 0 Å². The summed E-state index contributed by atoms with van der Waals surface area (Å²) in [6.07, 6.45) is 0.558. The SMILES string of the molecule is CC(=O)n1c(N)cc(N)c1CCN.